The van der Waals surface area contributed by atoms with Crippen LogP contribution in [-0.4, -0.2) is 71.0 Å². The van der Waals surface area contributed by atoms with E-state index in [0.29, 0.717) is 6.42 Å². The van der Waals surface area contributed by atoms with Crippen molar-refractivity contribution in [2.24, 2.45) is 5.92 Å². The minimum atomic E-state index is -1.39. The van der Waals surface area contributed by atoms with Gasteiger partial charge in [-0.05, 0) is 19.8 Å². The first-order chi connectivity index (χ1) is 12.1. The number of rotatable bonds is 10. The maximum atomic E-state index is 12.3. The minimum Gasteiger partial charge on any atom is -0.480 e. The standard InChI is InChI=1S/C16H26N2O8/c1-5-7(3)9(15(22)23)17-13(20)10(8(4)19)18-14(21)11-12(26-11)16(24)25-6-2/h7-12,19H,5-6H2,1-4H3,(H,17,20)(H,18,21)(H,22,23)/t7-,8+,9-,10-,11-,12-/m0/s1. The minimum absolute atomic E-state index is 0.137. The van der Waals surface area contributed by atoms with Gasteiger partial charge < -0.3 is 30.3 Å². The molecule has 0 spiro atoms. The molecule has 0 bridgehead atoms. The van der Waals surface area contributed by atoms with Gasteiger partial charge in [0.15, 0.2) is 12.2 Å². The third-order valence-corrected chi connectivity index (χ3v) is 4.11. The van der Waals surface area contributed by atoms with Crippen molar-refractivity contribution in [2.75, 3.05) is 6.61 Å². The predicted molar refractivity (Wildman–Crippen MR) is 87.9 cm³/mol. The average molecular weight is 374 g/mol. The summed E-state index contributed by atoms with van der Waals surface area (Å²) in [5.74, 6) is -3.85. The molecule has 10 heteroatoms. The number of hydrogen-bond donors (Lipinski definition) is 4. The van der Waals surface area contributed by atoms with Gasteiger partial charge in [-0.15, -0.1) is 0 Å². The lowest BCUT2D eigenvalue weighted by atomic mass is 9.98. The molecule has 2 amide bonds. The molecule has 26 heavy (non-hydrogen) atoms. The summed E-state index contributed by atoms with van der Waals surface area (Å²) < 4.78 is 9.66. The van der Waals surface area contributed by atoms with Crippen LogP contribution in [0.4, 0.5) is 0 Å². The van der Waals surface area contributed by atoms with Crippen molar-refractivity contribution < 1.29 is 38.9 Å². The molecule has 0 aromatic rings. The van der Waals surface area contributed by atoms with Crippen LogP contribution >= 0.6 is 0 Å². The van der Waals surface area contributed by atoms with Crippen LogP contribution in [0.25, 0.3) is 0 Å². The van der Waals surface area contributed by atoms with Crippen molar-refractivity contribution in [1.29, 1.82) is 0 Å². The molecule has 1 saturated heterocycles. The maximum Gasteiger partial charge on any atom is 0.338 e. The normalized spacial score (nSPS) is 23.1. The molecule has 0 aromatic carbocycles. The van der Waals surface area contributed by atoms with Crippen molar-refractivity contribution in [3.63, 3.8) is 0 Å². The van der Waals surface area contributed by atoms with Gasteiger partial charge in [0.05, 0.1) is 12.7 Å². The topological polar surface area (TPSA) is 155 Å². The zero-order chi connectivity index (χ0) is 20.0. The summed E-state index contributed by atoms with van der Waals surface area (Å²) >= 11 is 0. The molecule has 1 aliphatic heterocycles. The van der Waals surface area contributed by atoms with E-state index in [1.807, 2.05) is 0 Å². The Hall–Kier alpha value is -2.20. The van der Waals surface area contributed by atoms with Crippen molar-refractivity contribution in [2.45, 2.75) is 64.5 Å². The van der Waals surface area contributed by atoms with Gasteiger partial charge in [-0.2, -0.15) is 0 Å². The molecular weight excluding hydrogens is 348 g/mol. The summed E-state index contributed by atoms with van der Waals surface area (Å²) in [5, 5.41) is 23.6. The number of epoxide rings is 1. The molecule has 1 heterocycles. The monoisotopic (exact) mass is 374 g/mol. The third kappa shape index (κ3) is 5.67. The molecule has 0 radical (unpaired) electrons. The van der Waals surface area contributed by atoms with Gasteiger partial charge in [-0.3, -0.25) is 9.59 Å². The molecule has 0 aliphatic carbocycles. The molecule has 0 saturated carbocycles. The molecule has 1 fully saturated rings. The smallest absolute Gasteiger partial charge is 0.338 e. The fraction of sp³-hybridized carbons (Fsp3) is 0.750. The van der Waals surface area contributed by atoms with E-state index in [1.165, 1.54) is 6.92 Å². The van der Waals surface area contributed by atoms with E-state index < -0.39 is 54.1 Å². The third-order valence-electron chi connectivity index (χ3n) is 4.11. The Morgan fingerprint density at radius 1 is 1.08 bits per heavy atom. The van der Waals surface area contributed by atoms with Gasteiger partial charge in [0.2, 0.25) is 5.91 Å². The number of aliphatic hydroxyl groups excluding tert-OH is 1. The van der Waals surface area contributed by atoms with Gasteiger partial charge in [-0.25, -0.2) is 9.59 Å². The van der Waals surface area contributed by atoms with E-state index in [2.05, 4.69) is 10.6 Å². The van der Waals surface area contributed by atoms with Crippen molar-refractivity contribution in [3.8, 4) is 0 Å². The van der Waals surface area contributed by atoms with Crippen molar-refractivity contribution in [3.05, 3.63) is 0 Å². The molecule has 6 atom stereocenters. The van der Waals surface area contributed by atoms with Crippen LogP contribution in [0.2, 0.25) is 0 Å². The van der Waals surface area contributed by atoms with Gasteiger partial charge in [0, 0.05) is 0 Å². The number of aliphatic hydroxyl groups is 1. The number of hydrogen-bond acceptors (Lipinski definition) is 7. The van der Waals surface area contributed by atoms with E-state index >= 15 is 0 Å². The fourth-order valence-corrected chi connectivity index (χ4v) is 2.28. The number of amides is 2. The van der Waals surface area contributed by atoms with Crippen molar-refractivity contribution >= 4 is 23.8 Å². The van der Waals surface area contributed by atoms with Crippen LogP contribution in [0.5, 0.6) is 0 Å². The number of carboxylic acid groups (broad SMARTS) is 1. The average Bonchev–Trinajstić information content (AvgIpc) is 3.36. The number of ether oxygens (including phenoxy) is 2. The van der Waals surface area contributed by atoms with E-state index in [4.69, 9.17) is 9.47 Å². The molecule has 4 N–H and O–H groups in total. The lowest BCUT2D eigenvalue weighted by Crippen LogP contribution is -2.57. The summed E-state index contributed by atoms with van der Waals surface area (Å²) in [6.07, 6.45) is -2.92. The second-order valence-electron chi connectivity index (χ2n) is 6.17. The highest BCUT2D eigenvalue weighted by Gasteiger charge is 2.52. The van der Waals surface area contributed by atoms with Gasteiger partial charge in [0.25, 0.3) is 5.91 Å². The summed E-state index contributed by atoms with van der Waals surface area (Å²) in [5.41, 5.74) is 0. The second-order valence-corrected chi connectivity index (χ2v) is 6.17. The number of aliphatic carboxylic acids is 1. The summed E-state index contributed by atoms with van der Waals surface area (Å²) in [7, 11) is 0. The maximum absolute atomic E-state index is 12.3. The Balaban J connectivity index is 2.71. The first-order valence-electron chi connectivity index (χ1n) is 8.47. The van der Waals surface area contributed by atoms with E-state index in [0.717, 1.165) is 0 Å². The second kappa shape index (κ2) is 9.48. The van der Waals surface area contributed by atoms with Gasteiger partial charge in [0.1, 0.15) is 12.1 Å². The zero-order valence-electron chi connectivity index (χ0n) is 15.2. The predicted octanol–water partition coefficient (Wildman–Crippen LogP) is -1.20. The van der Waals surface area contributed by atoms with E-state index in [1.54, 1.807) is 20.8 Å². The number of carbonyl (C=O) groups excluding carboxylic acids is 3. The molecule has 1 rings (SSSR count). The number of esters is 1. The van der Waals surface area contributed by atoms with Crippen molar-refractivity contribution in [1.82, 2.24) is 10.6 Å². The summed E-state index contributed by atoms with van der Waals surface area (Å²) in [6.45, 7) is 6.47. The Bertz CT molecular complexity index is 550. The molecular formula is C16H26N2O8. The molecule has 0 aromatic heterocycles. The molecule has 148 valence electrons. The number of carbonyl (C=O) groups is 4. The fourth-order valence-electron chi connectivity index (χ4n) is 2.28. The van der Waals surface area contributed by atoms with Crippen LogP contribution in [0, 0.1) is 5.92 Å². The first kappa shape index (κ1) is 21.8. The lowest BCUT2D eigenvalue weighted by Gasteiger charge is -2.25. The SMILES string of the molecule is CCOC(=O)[C@H]1O[C@@H]1C(=O)N[C@H](C(=O)N[C@H](C(=O)O)[C@@H](C)CC)[C@@H](C)O. The summed E-state index contributed by atoms with van der Waals surface area (Å²) in [6, 6.07) is -2.55. The summed E-state index contributed by atoms with van der Waals surface area (Å²) in [4.78, 5) is 47.2. The Labute approximate surface area is 151 Å². The molecule has 0 unspecified atom stereocenters. The number of carboxylic acids is 1. The number of nitrogens with one attached hydrogen (secondary N) is 2. The highest BCUT2D eigenvalue weighted by atomic mass is 16.6. The van der Waals surface area contributed by atoms with Gasteiger partial charge >= 0.3 is 11.9 Å². The van der Waals surface area contributed by atoms with Crippen LogP contribution in [0.3, 0.4) is 0 Å². The van der Waals surface area contributed by atoms with Gasteiger partial charge in [-0.1, -0.05) is 20.3 Å². The van der Waals surface area contributed by atoms with E-state index in [-0.39, 0.29) is 12.5 Å². The highest BCUT2D eigenvalue weighted by molar-refractivity contribution is 5.96. The zero-order valence-corrected chi connectivity index (χ0v) is 15.2. The van der Waals surface area contributed by atoms with Crippen LogP contribution < -0.4 is 10.6 Å². The Kier molecular flexibility index (Phi) is 7.97. The lowest BCUT2D eigenvalue weighted by molar-refractivity contribution is -0.145. The molecule has 1 aliphatic rings. The largest absolute Gasteiger partial charge is 0.480 e. The highest BCUT2D eigenvalue weighted by Crippen LogP contribution is 2.23. The Morgan fingerprint density at radius 3 is 2.15 bits per heavy atom. The first-order valence-corrected chi connectivity index (χ1v) is 8.47. The molecule has 10 nitrogen and oxygen atoms in total. The van der Waals surface area contributed by atoms with Crippen LogP contribution in [0.1, 0.15) is 34.1 Å². The quantitative estimate of drug-likeness (QED) is 0.274. The van der Waals surface area contributed by atoms with E-state index in [9.17, 15) is 29.4 Å². The van der Waals surface area contributed by atoms with Crippen LogP contribution in [-0.2, 0) is 28.7 Å². The Morgan fingerprint density at radius 2 is 1.69 bits per heavy atom. The van der Waals surface area contributed by atoms with Crippen LogP contribution in [0.15, 0.2) is 0 Å².